The van der Waals surface area contributed by atoms with Crippen molar-refractivity contribution in [1.29, 1.82) is 0 Å². The van der Waals surface area contributed by atoms with E-state index in [-0.39, 0.29) is 6.61 Å². The molecule has 1 unspecified atom stereocenters. The molecule has 2 aromatic rings. The van der Waals surface area contributed by atoms with E-state index in [2.05, 4.69) is 60.5 Å². The van der Waals surface area contributed by atoms with Crippen LogP contribution in [-0.2, 0) is 17.7 Å². The molecule has 1 heterocycles. The Hall–Kier alpha value is -1.92. The van der Waals surface area contributed by atoms with Crippen molar-refractivity contribution in [2.75, 3.05) is 32.8 Å². The van der Waals surface area contributed by atoms with Crippen LogP contribution in [0.2, 0.25) is 0 Å². The van der Waals surface area contributed by atoms with Crippen LogP contribution in [0.1, 0.15) is 45.2 Å². The number of rotatable bonds is 12. The number of benzene rings is 2. The van der Waals surface area contributed by atoms with E-state index in [0.717, 1.165) is 44.8 Å². The lowest BCUT2D eigenvalue weighted by Gasteiger charge is -2.28. The molecular weight excluding hydrogens is 400 g/mol. The normalized spacial score (nSPS) is 16.7. The zero-order chi connectivity index (χ0) is 23.2. The first-order valence-electron chi connectivity index (χ1n) is 12.1. The topological polar surface area (TPSA) is 54.0 Å². The highest BCUT2D eigenvalue weighted by atomic mass is 16.5. The van der Waals surface area contributed by atoms with Gasteiger partial charge in [0.05, 0.1) is 12.7 Å². The van der Waals surface area contributed by atoms with Crippen LogP contribution < -0.4 is 10.1 Å². The summed E-state index contributed by atoms with van der Waals surface area (Å²) in [5, 5.41) is 13.8. The maximum atomic E-state index is 10.5. The molecule has 178 valence electrons. The third kappa shape index (κ3) is 9.70. The van der Waals surface area contributed by atoms with Crippen LogP contribution >= 0.6 is 0 Å². The summed E-state index contributed by atoms with van der Waals surface area (Å²) in [6.07, 6.45) is 1.84. The van der Waals surface area contributed by atoms with E-state index in [0.29, 0.717) is 18.7 Å². The minimum Gasteiger partial charge on any atom is -0.491 e. The van der Waals surface area contributed by atoms with Gasteiger partial charge in [0, 0.05) is 25.7 Å². The smallest absolute Gasteiger partial charge is 0.119 e. The molecule has 0 aromatic heterocycles. The standard InChI is InChI=1S/C25H36N2O3.C2H6/c1-20(2)27(17-22-6-4-3-5-7-22)18-23(28)19-30-24-10-8-21(9-11-24)13-15-29-25-12-14-26-16-25;1-2/h3-11,20,23,25-26,28H,12-19H2,1-2H3;1-2H3/t23?,25-;/m1./s1. The lowest BCUT2D eigenvalue weighted by molar-refractivity contribution is 0.0543. The van der Waals surface area contributed by atoms with Crippen LogP contribution in [0.5, 0.6) is 5.75 Å². The molecule has 0 spiro atoms. The van der Waals surface area contributed by atoms with E-state index in [9.17, 15) is 5.11 Å². The Morgan fingerprint density at radius 1 is 1.03 bits per heavy atom. The second kappa shape index (κ2) is 15.0. The van der Waals surface area contributed by atoms with Gasteiger partial charge in [-0.05, 0) is 56.5 Å². The molecule has 0 aliphatic carbocycles. The average Bonchev–Trinajstić information content (AvgIpc) is 3.34. The Morgan fingerprint density at radius 2 is 1.75 bits per heavy atom. The number of ether oxygens (including phenoxy) is 2. The Morgan fingerprint density at radius 3 is 2.38 bits per heavy atom. The van der Waals surface area contributed by atoms with Gasteiger partial charge < -0.3 is 19.9 Å². The van der Waals surface area contributed by atoms with Crippen molar-refractivity contribution in [2.45, 2.75) is 65.3 Å². The second-order valence-corrected chi connectivity index (χ2v) is 8.35. The van der Waals surface area contributed by atoms with Crippen molar-refractivity contribution in [1.82, 2.24) is 10.2 Å². The van der Waals surface area contributed by atoms with Crippen molar-refractivity contribution in [2.24, 2.45) is 0 Å². The van der Waals surface area contributed by atoms with Crippen molar-refractivity contribution in [3.63, 3.8) is 0 Å². The van der Waals surface area contributed by atoms with Gasteiger partial charge in [-0.3, -0.25) is 4.90 Å². The Kier molecular flexibility index (Phi) is 12.4. The van der Waals surface area contributed by atoms with Crippen molar-refractivity contribution in [3.8, 4) is 5.75 Å². The van der Waals surface area contributed by atoms with Crippen LogP contribution in [-0.4, -0.2) is 61.1 Å². The predicted octanol–water partition coefficient (Wildman–Crippen LogP) is 4.28. The molecule has 2 aromatic carbocycles. The molecule has 2 atom stereocenters. The summed E-state index contributed by atoms with van der Waals surface area (Å²) in [6, 6.07) is 18.8. The summed E-state index contributed by atoms with van der Waals surface area (Å²) in [5.74, 6) is 0.790. The van der Waals surface area contributed by atoms with Crippen LogP contribution in [0.4, 0.5) is 0 Å². The van der Waals surface area contributed by atoms with Gasteiger partial charge in [-0.25, -0.2) is 0 Å². The van der Waals surface area contributed by atoms with Gasteiger partial charge in [-0.1, -0.05) is 56.3 Å². The summed E-state index contributed by atoms with van der Waals surface area (Å²) in [6.45, 7) is 12.8. The monoisotopic (exact) mass is 442 g/mol. The van der Waals surface area contributed by atoms with Gasteiger partial charge in [-0.2, -0.15) is 0 Å². The molecule has 1 fully saturated rings. The minimum absolute atomic E-state index is 0.287. The van der Waals surface area contributed by atoms with Gasteiger partial charge in [0.1, 0.15) is 18.5 Å². The van der Waals surface area contributed by atoms with E-state index >= 15 is 0 Å². The summed E-state index contributed by atoms with van der Waals surface area (Å²) >= 11 is 0. The van der Waals surface area contributed by atoms with Gasteiger partial charge in [0.2, 0.25) is 0 Å². The molecule has 0 saturated carbocycles. The molecule has 3 rings (SSSR count). The third-order valence-corrected chi connectivity index (χ3v) is 5.53. The Bertz CT molecular complexity index is 715. The van der Waals surface area contributed by atoms with E-state index in [1.165, 1.54) is 11.1 Å². The lowest BCUT2D eigenvalue weighted by atomic mass is 10.1. The summed E-state index contributed by atoms with van der Waals surface area (Å²) in [7, 11) is 0. The second-order valence-electron chi connectivity index (χ2n) is 8.35. The Balaban J connectivity index is 0.00000176. The zero-order valence-corrected chi connectivity index (χ0v) is 20.3. The molecule has 1 aliphatic rings. The highest BCUT2D eigenvalue weighted by molar-refractivity contribution is 5.27. The quantitative estimate of drug-likeness (QED) is 0.514. The highest BCUT2D eigenvalue weighted by Gasteiger charge is 2.16. The number of aliphatic hydroxyl groups excluding tert-OH is 1. The van der Waals surface area contributed by atoms with E-state index < -0.39 is 6.10 Å². The van der Waals surface area contributed by atoms with Crippen LogP contribution in [0.25, 0.3) is 0 Å². The maximum absolute atomic E-state index is 10.5. The molecule has 1 aliphatic heterocycles. The molecule has 0 radical (unpaired) electrons. The summed E-state index contributed by atoms with van der Waals surface area (Å²) in [5.41, 5.74) is 2.49. The first-order chi connectivity index (χ1) is 15.6. The van der Waals surface area contributed by atoms with Crippen LogP contribution in [0, 0.1) is 0 Å². The van der Waals surface area contributed by atoms with Crippen molar-refractivity contribution >= 4 is 0 Å². The number of hydrogen-bond acceptors (Lipinski definition) is 5. The molecule has 2 N–H and O–H groups in total. The molecule has 5 heteroatoms. The van der Waals surface area contributed by atoms with Gasteiger partial charge in [0.25, 0.3) is 0 Å². The molecule has 32 heavy (non-hydrogen) atoms. The van der Waals surface area contributed by atoms with Crippen molar-refractivity contribution < 1.29 is 14.6 Å². The fourth-order valence-electron chi connectivity index (χ4n) is 3.66. The van der Waals surface area contributed by atoms with Crippen molar-refractivity contribution in [3.05, 3.63) is 65.7 Å². The van der Waals surface area contributed by atoms with Gasteiger partial charge >= 0.3 is 0 Å². The minimum atomic E-state index is -0.538. The first-order valence-corrected chi connectivity index (χ1v) is 12.1. The van der Waals surface area contributed by atoms with Gasteiger partial charge in [-0.15, -0.1) is 0 Å². The number of hydrogen-bond donors (Lipinski definition) is 2. The predicted molar refractivity (Wildman–Crippen MR) is 132 cm³/mol. The maximum Gasteiger partial charge on any atom is 0.119 e. The van der Waals surface area contributed by atoms with Gasteiger partial charge in [0.15, 0.2) is 0 Å². The zero-order valence-electron chi connectivity index (χ0n) is 20.3. The third-order valence-electron chi connectivity index (χ3n) is 5.53. The molecular formula is C27H42N2O3. The largest absolute Gasteiger partial charge is 0.491 e. The fourth-order valence-corrected chi connectivity index (χ4v) is 3.66. The molecule has 0 bridgehead atoms. The average molecular weight is 443 g/mol. The first kappa shape index (κ1) is 26.3. The van der Waals surface area contributed by atoms with E-state index in [4.69, 9.17) is 9.47 Å². The fraction of sp³-hybridized carbons (Fsp3) is 0.556. The number of nitrogens with one attached hydrogen (secondary N) is 1. The number of nitrogens with zero attached hydrogens (tertiary/aromatic N) is 1. The summed E-state index contributed by atoms with van der Waals surface area (Å²) in [4.78, 5) is 2.27. The Labute approximate surface area is 194 Å². The summed E-state index contributed by atoms with van der Waals surface area (Å²) < 4.78 is 11.7. The SMILES string of the molecule is CC.CC(C)N(Cc1ccccc1)CC(O)COc1ccc(CCO[C@@H]2CCNC2)cc1. The molecule has 5 nitrogen and oxygen atoms in total. The van der Waals surface area contributed by atoms with E-state index in [1.54, 1.807) is 0 Å². The van der Waals surface area contributed by atoms with Crippen LogP contribution in [0.3, 0.4) is 0 Å². The highest BCUT2D eigenvalue weighted by Crippen LogP contribution is 2.15. The number of aliphatic hydroxyl groups is 1. The van der Waals surface area contributed by atoms with Crippen LogP contribution in [0.15, 0.2) is 54.6 Å². The lowest BCUT2D eigenvalue weighted by Crippen LogP contribution is -2.39. The molecule has 1 saturated heterocycles. The molecule has 0 amide bonds. The van der Waals surface area contributed by atoms with E-state index in [1.807, 2.05) is 32.0 Å².